The van der Waals surface area contributed by atoms with Gasteiger partial charge in [0.05, 0.1) is 25.0 Å². The molecule has 202 valence electrons. The first kappa shape index (κ1) is 27.0. The van der Waals surface area contributed by atoms with Crippen LogP contribution in [-0.4, -0.2) is 32.1 Å². The summed E-state index contributed by atoms with van der Waals surface area (Å²) in [5, 5.41) is 6.70. The molecule has 5 rings (SSSR count). The van der Waals surface area contributed by atoms with Crippen LogP contribution in [0.1, 0.15) is 27.1 Å². The zero-order valence-corrected chi connectivity index (χ0v) is 22.5. The molecule has 0 atom stereocenters. The van der Waals surface area contributed by atoms with Gasteiger partial charge in [0.15, 0.2) is 5.75 Å². The lowest BCUT2D eigenvalue weighted by atomic mass is 10.0. The van der Waals surface area contributed by atoms with Crippen LogP contribution in [-0.2, 0) is 0 Å². The average molecular weight is 555 g/mol. The number of hydrogen-bond donors (Lipinski definition) is 2. The Morgan fingerprint density at radius 3 is 2.30 bits per heavy atom. The number of carbonyl (C=O) groups excluding carboxylic acids is 2. The van der Waals surface area contributed by atoms with Gasteiger partial charge in [-0.3, -0.25) is 4.79 Å². The van der Waals surface area contributed by atoms with Crippen molar-refractivity contribution in [1.82, 2.24) is 0 Å². The second kappa shape index (κ2) is 12.1. The lowest BCUT2D eigenvalue weighted by molar-refractivity contribution is 0.0731. The van der Waals surface area contributed by atoms with E-state index in [1.54, 1.807) is 24.3 Å². The first-order valence-electron chi connectivity index (χ1n) is 12.7. The van der Waals surface area contributed by atoms with Gasteiger partial charge in [0.2, 0.25) is 0 Å². The van der Waals surface area contributed by atoms with Gasteiger partial charge in [-0.05, 0) is 59.5 Å². The van der Waals surface area contributed by atoms with Crippen molar-refractivity contribution >= 4 is 50.7 Å². The van der Waals surface area contributed by atoms with Crippen molar-refractivity contribution in [1.29, 1.82) is 0 Å². The highest BCUT2D eigenvalue weighted by Gasteiger charge is 2.21. The number of halogens is 1. The minimum Gasteiger partial charge on any atom is -0.495 e. The molecule has 0 aliphatic heterocycles. The lowest BCUT2D eigenvalue weighted by Gasteiger charge is -2.16. The van der Waals surface area contributed by atoms with Crippen LogP contribution >= 0.6 is 11.6 Å². The molecule has 0 fully saturated rings. The molecule has 0 aliphatic carbocycles. The third-order valence-corrected chi connectivity index (χ3v) is 6.63. The molecular formula is C32H27ClN2O5. The fraction of sp³-hybridized carbons (Fsp3) is 0.125. The number of hydrogen-bond acceptors (Lipinski definition) is 6. The van der Waals surface area contributed by atoms with Gasteiger partial charge in [-0.15, -0.1) is 0 Å². The number of nitrogens with two attached hydrogens (primary N) is 1. The Labute approximate surface area is 236 Å². The smallest absolute Gasteiger partial charge is 0.347 e. The molecule has 8 heteroatoms. The number of esters is 1. The van der Waals surface area contributed by atoms with E-state index in [9.17, 15) is 9.59 Å². The Morgan fingerprint density at radius 2 is 1.55 bits per heavy atom. The Morgan fingerprint density at radius 1 is 0.825 bits per heavy atom. The van der Waals surface area contributed by atoms with Gasteiger partial charge in [0.25, 0.3) is 5.91 Å². The van der Waals surface area contributed by atoms with Gasteiger partial charge >= 0.3 is 5.97 Å². The maximum absolute atomic E-state index is 13.5. The monoisotopic (exact) mass is 554 g/mol. The van der Waals surface area contributed by atoms with E-state index in [0.717, 1.165) is 21.5 Å². The molecule has 0 aromatic heterocycles. The Balaban J connectivity index is 1.46. The van der Waals surface area contributed by atoms with E-state index < -0.39 is 11.9 Å². The van der Waals surface area contributed by atoms with E-state index >= 15 is 0 Å². The van der Waals surface area contributed by atoms with Crippen molar-refractivity contribution in [2.45, 2.75) is 6.42 Å². The number of fused-ring (bicyclic) bond motifs is 2. The molecule has 5 aromatic rings. The molecule has 0 bridgehead atoms. The summed E-state index contributed by atoms with van der Waals surface area (Å²) < 4.78 is 17.2. The molecule has 5 aromatic carbocycles. The maximum Gasteiger partial charge on any atom is 0.347 e. The summed E-state index contributed by atoms with van der Waals surface area (Å²) in [6, 6.07) is 27.0. The number of anilines is 1. The van der Waals surface area contributed by atoms with E-state index in [0.29, 0.717) is 41.7 Å². The van der Waals surface area contributed by atoms with E-state index in [1.165, 1.54) is 13.2 Å². The molecule has 7 nitrogen and oxygen atoms in total. The van der Waals surface area contributed by atoms with Gasteiger partial charge in [-0.25, -0.2) is 4.79 Å². The third-order valence-electron chi connectivity index (χ3n) is 6.40. The van der Waals surface area contributed by atoms with Gasteiger partial charge in [-0.2, -0.15) is 0 Å². The summed E-state index contributed by atoms with van der Waals surface area (Å²) in [5.41, 5.74) is 6.46. The van der Waals surface area contributed by atoms with Crippen LogP contribution in [0.15, 0.2) is 91.0 Å². The summed E-state index contributed by atoms with van der Waals surface area (Å²) in [5.74, 6) is -0.176. The molecule has 3 N–H and O–H groups in total. The molecule has 0 saturated heterocycles. The Hall–Kier alpha value is -4.59. The van der Waals surface area contributed by atoms with Gasteiger partial charge < -0.3 is 25.3 Å². The number of amides is 1. The van der Waals surface area contributed by atoms with Crippen LogP contribution in [0.25, 0.3) is 21.5 Å². The summed E-state index contributed by atoms with van der Waals surface area (Å²) in [6.07, 6.45) is 0.642. The van der Waals surface area contributed by atoms with Gasteiger partial charge in [0.1, 0.15) is 17.1 Å². The second-order valence-corrected chi connectivity index (χ2v) is 9.47. The predicted octanol–water partition coefficient (Wildman–Crippen LogP) is 6.85. The fourth-order valence-corrected chi connectivity index (χ4v) is 4.60. The summed E-state index contributed by atoms with van der Waals surface area (Å²) in [6.45, 7) is 0.836. The predicted molar refractivity (Wildman–Crippen MR) is 158 cm³/mol. The summed E-state index contributed by atoms with van der Waals surface area (Å²) in [7, 11) is 1.50. The van der Waals surface area contributed by atoms with Crippen LogP contribution in [0.5, 0.6) is 17.2 Å². The first-order chi connectivity index (χ1) is 19.5. The van der Waals surface area contributed by atoms with Crippen LogP contribution in [0.4, 0.5) is 5.69 Å². The van der Waals surface area contributed by atoms with Crippen molar-refractivity contribution < 1.29 is 23.8 Å². The van der Waals surface area contributed by atoms with E-state index in [4.69, 9.17) is 31.5 Å². The first-order valence-corrected chi connectivity index (χ1v) is 13.1. The number of nitrogens with one attached hydrogen (secondary N) is 1. The van der Waals surface area contributed by atoms with Gasteiger partial charge in [0, 0.05) is 16.5 Å². The largest absolute Gasteiger partial charge is 0.495 e. The van der Waals surface area contributed by atoms with Crippen LogP contribution in [0.3, 0.4) is 0 Å². The second-order valence-electron chi connectivity index (χ2n) is 9.04. The third kappa shape index (κ3) is 5.71. The van der Waals surface area contributed by atoms with Crippen LogP contribution < -0.4 is 25.3 Å². The minimum absolute atomic E-state index is 0.0902. The normalized spacial score (nSPS) is 10.9. The van der Waals surface area contributed by atoms with Gasteiger partial charge in [-0.1, -0.05) is 66.2 Å². The standard InChI is InChI=1S/C32H27ClN2O5/c1-38-30-24-10-5-4-7-20(24)11-13-25(30)32(37)40-29-19-23(33)12-14-27(29)35-31(36)26-17-21-8-2-3-9-22(21)18-28(26)39-16-6-15-34/h2-5,7-14,17-19H,6,15-16,34H2,1H3,(H,35,36). The van der Waals surface area contributed by atoms with Crippen LogP contribution in [0, 0.1) is 0 Å². The maximum atomic E-state index is 13.5. The number of carbonyl (C=O) groups is 2. The molecular weight excluding hydrogens is 528 g/mol. The van der Waals surface area contributed by atoms with E-state index in [1.807, 2.05) is 60.7 Å². The van der Waals surface area contributed by atoms with Crippen molar-refractivity contribution in [3.05, 3.63) is 107 Å². The number of benzene rings is 5. The molecule has 0 heterocycles. The Bertz CT molecular complexity index is 1720. The highest BCUT2D eigenvalue weighted by Crippen LogP contribution is 2.34. The zero-order valence-electron chi connectivity index (χ0n) is 21.8. The highest BCUT2D eigenvalue weighted by atomic mass is 35.5. The number of methoxy groups -OCH3 is 1. The fourth-order valence-electron chi connectivity index (χ4n) is 4.43. The number of rotatable bonds is 9. The molecule has 0 spiro atoms. The zero-order chi connectivity index (χ0) is 28.1. The molecule has 0 radical (unpaired) electrons. The van der Waals surface area contributed by atoms with E-state index in [-0.39, 0.29) is 17.0 Å². The lowest BCUT2D eigenvalue weighted by Crippen LogP contribution is -2.17. The quantitative estimate of drug-likeness (QED) is 0.117. The summed E-state index contributed by atoms with van der Waals surface area (Å²) >= 11 is 6.24. The molecule has 0 saturated carbocycles. The number of ether oxygens (including phenoxy) is 3. The molecule has 1 amide bonds. The Kier molecular flexibility index (Phi) is 8.15. The van der Waals surface area contributed by atoms with E-state index in [2.05, 4.69) is 5.32 Å². The molecule has 0 aliphatic rings. The van der Waals surface area contributed by atoms with Crippen molar-refractivity contribution in [2.24, 2.45) is 5.73 Å². The van der Waals surface area contributed by atoms with Crippen molar-refractivity contribution in [3.63, 3.8) is 0 Å². The SMILES string of the molecule is COc1c(C(=O)Oc2cc(Cl)ccc2NC(=O)c2cc3ccccc3cc2OCCCN)ccc2ccccc12. The summed E-state index contributed by atoms with van der Waals surface area (Å²) in [4.78, 5) is 26.9. The minimum atomic E-state index is -0.656. The topological polar surface area (TPSA) is 99.9 Å². The molecule has 0 unspecified atom stereocenters. The molecule has 40 heavy (non-hydrogen) atoms. The van der Waals surface area contributed by atoms with Crippen molar-refractivity contribution in [2.75, 3.05) is 25.6 Å². The highest BCUT2D eigenvalue weighted by molar-refractivity contribution is 6.31. The average Bonchev–Trinajstić information content (AvgIpc) is 2.97. The van der Waals surface area contributed by atoms with Crippen LogP contribution in [0.2, 0.25) is 5.02 Å². The van der Waals surface area contributed by atoms with Crippen molar-refractivity contribution in [3.8, 4) is 17.2 Å².